The Hall–Kier alpha value is -1.07. The Labute approximate surface area is 100 Å². The standard InChI is InChI=1S/C10H17ClN4O/c1-6(2)7(3-4-16)15-10-8(11)9(12)13-5-14-10/h5-7,16H,3-4H2,1-2H3,(H3,12,13,14,15). The minimum atomic E-state index is 0.108. The van der Waals surface area contributed by atoms with E-state index in [0.717, 1.165) is 0 Å². The number of nitrogens with zero attached hydrogens (tertiary/aromatic N) is 2. The van der Waals surface area contributed by atoms with E-state index in [4.69, 9.17) is 22.4 Å². The van der Waals surface area contributed by atoms with Crippen molar-refractivity contribution in [1.29, 1.82) is 0 Å². The van der Waals surface area contributed by atoms with Crippen LogP contribution in [-0.2, 0) is 0 Å². The van der Waals surface area contributed by atoms with E-state index in [-0.39, 0.29) is 18.5 Å². The molecule has 0 saturated carbocycles. The van der Waals surface area contributed by atoms with Gasteiger partial charge < -0.3 is 16.2 Å². The van der Waals surface area contributed by atoms with E-state index in [1.807, 2.05) is 0 Å². The van der Waals surface area contributed by atoms with Crippen LogP contribution in [0.25, 0.3) is 0 Å². The van der Waals surface area contributed by atoms with Crippen LogP contribution in [-0.4, -0.2) is 27.7 Å². The summed E-state index contributed by atoms with van der Waals surface area (Å²) in [6.07, 6.45) is 2.00. The number of aliphatic hydroxyl groups is 1. The predicted molar refractivity (Wildman–Crippen MR) is 65.4 cm³/mol. The summed E-state index contributed by atoms with van der Waals surface area (Å²) in [5, 5.41) is 12.4. The molecule has 1 atom stereocenters. The molecule has 1 unspecified atom stereocenters. The first kappa shape index (κ1) is 13.0. The Kier molecular flexibility index (Phi) is 4.76. The van der Waals surface area contributed by atoms with Gasteiger partial charge in [-0.15, -0.1) is 0 Å². The van der Waals surface area contributed by atoms with E-state index in [9.17, 15) is 0 Å². The van der Waals surface area contributed by atoms with Crippen LogP contribution in [0.2, 0.25) is 5.02 Å². The van der Waals surface area contributed by atoms with E-state index >= 15 is 0 Å². The van der Waals surface area contributed by atoms with Crippen LogP contribution in [0.3, 0.4) is 0 Å². The number of hydrogen-bond donors (Lipinski definition) is 3. The van der Waals surface area contributed by atoms with Crippen molar-refractivity contribution >= 4 is 23.2 Å². The summed E-state index contributed by atoms with van der Waals surface area (Å²) in [5.41, 5.74) is 5.57. The van der Waals surface area contributed by atoms with Gasteiger partial charge in [0.2, 0.25) is 0 Å². The normalized spacial score (nSPS) is 12.8. The molecule has 0 aromatic carbocycles. The highest BCUT2D eigenvalue weighted by atomic mass is 35.5. The molecule has 1 rings (SSSR count). The molecule has 0 amide bonds. The van der Waals surface area contributed by atoms with Crippen molar-refractivity contribution in [2.45, 2.75) is 26.3 Å². The fourth-order valence-electron chi connectivity index (χ4n) is 1.37. The van der Waals surface area contributed by atoms with Crippen LogP contribution in [0.15, 0.2) is 6.33 Å². The quantitative estimate of drug-likeness (QED) is 0.732. The van der Waals surface area contributed by atoms with Gasteiger partial charge in [0.15, 0.2) is 5.82 Å². The van der Waals surface area contributed by atoms with E-state index in [1.54, 1.807) is 0 Å². The highest BCUT2D eigenvalue weighted by Gasteiger charge is 2.15. The molecule has 0 radical (unpaired) electrons. The number of aliphatic hydroxyl groups excluding tert-OH is 1. The highest BCUT2D eigenvalue weighted by molar-refractivity contribution is 6.35. The summed E-state index contributed by atoms with van der Waals surface area (Å²) in [4.78, 5) is 7.81. The van der Waals surface area contributed by atoms with Crippen molar-refractivity contribution in [3.05, 3.63) is 11.3 Å². The third kappa shape index (κ3) is 3.21. The molecule has 0 aliphatic rings. The second-order valence-electron chi connectivity index (χ2n) is 3.93. The Morgan fingerprint density at radius 1 is 1.50 bits per heavy atom. The largest absolute Gasteiger partial charge is 0.396 e. The lowest BCUT2D eigenvalue weighted by molar-refractivity contribution is 0.267. The molecule has 0 bridgehead atoms. The molecule has 0 spiro atoms. The first-order valence-electron chi connectivity index (χ1n) is 5.19. The van der Waals surface area contributed by atoms with Gasteiger partial charge in [0.05, 0.1) is 0 Å². The summed E-state index contributed by atoms with van der Waals surface area (Å²) >= 11 is 5.97. The van der Waals surface area contributed by atoms with Gasteiger partial charge in [-0.1, -0.05) is 25.4 Å². The molecule has 16 heavy (non-hydrogen) atoms. The molecule has 0 aliphatic carbocycles. The third-order valence-corrected chi connectivity index (χ3v) is 2.76. The van der Waals surface area contributed by atoms with Crippen LogP contribution >= 0.6 is 11.6 Å². The molecule has 5 nitrogen and oxygen atoms in total. The lowest BCUT2D eigenvalue weighted by Gasteiger charge is -2.22. The lowest BCUT2D eigenvalue weighted by atomic mass is 10.0. The van der Waals surface area contributed by atoms with Gasteiger partial charge in [0, 0.05) is 12.6 Å². The molecule has 1 aromatic heterocycles. The molecule has 6 heteroatoms. The number of anilines is 2. The number of hydrogen-bond acceptors (Lipinski definition) is 5. The van der Waals surface area contributed by atoms with E-state index in [1.165, 1.54) is 6.33 Å². The van der Waals surface area contributed by atoms with E-state index in [2.05, 4.69) is 29.1 Å². The number of nitrogens with one attached hydrogen (secondary N) is 1. The molecule has 4 N–H and O–H groups in total. The molecule has 90 valence electrons. The summed E-state index contributed by atoms with van der Waals surface area (Å²) < 4.78 is 0. The van der Waals surface area contributed by atoms with Crippen LogP contribution in [0.1, 0.15) is 20.3 Å². The third-order valence-electron chi connectivity index (χ3n) is 2.38. The van der Waals surface area contributed by atoms with Crippen LogP contribution in [0.4, 0.5) is 11.6 Å². The van der Waals surface area contributed by atoms with Crippen molar-refractivity contribution < 1.29 is 5.11 Å². The summed E-state index contributed by atoms with van der Waals surface area (Å²) in [6.45, 7) is 4.24. The van der Waals surface area contributed by atoms with Gasteiger partial charge in [-0.05, 0) is 12.3 Å². The second-order valence-corrected chi connectivity index (χ2v) is 4.31. The predicted octanol–water partition coefficient (Wildman–Crippen LogP) is 1.53. The monoisotopic (exact) mass is 244 g/mol. The maximum absolute atomic E-state index is 8.96. The van der Waals surface area contributed by atoms with Crippen molar-refractivity contribution in [1.82, 2.24) is 9.97 Å². The van der Waals surface area contributed by atoms with Crippen molar-refractivity contribution in [2.24, 2.45) is 5.92 Å². The second kappa shape index (κ2) is 5.86. The molecular formula is C10H17ClN4O. The van der Waals surface area contributed by atoms with Crippen LogP contribution < -0.4 is 11.1 Å². The number of rotatable bonds is 5. The zero-order chi connectivity index (χ0) is 12.1. The number of nitrogen functional groups attached to an aromatic ring is 1. The van der Waals surface area contributed by atoms with Gasteiger partial charge in [0.1, 0.15) is 17.2 Å². The Balaban J connectivity index is 2.81. The average molecular weight is 245 g/mol. The SMILES string of the molecule is CC(C)C(CCO)Nc1ncnc(N)c1Cl. The molecule has 1 heterocycles. The number of aromatic nitrogens is 2. The van der Waals surface area contributed by atoms with Crippen molar-refractivity contribution in [3.63, 3.8) is 0 Å². The Morgan fingerprint density at radius 2 is 2.19 bits per heavy atom. The summed E-state index contributed by atoms with van der Waals surface area (Å²) in [7, 11) is 0. The Morgan fingerprint density at radius 3 is 2.75 bits per heavy atom. The van der Waals surface area contributed by atoms with Crippen molar-refractivity contribution in [2.75, 3.05) is 17.7 Å². The minimum absolute atomic E-state index is 0.108. The molecule has 1 aromatic rings. The van der Waals surface area contributed by atoms with Gasteiger partial charge in [0.25, 0.3) is 0 Å². The van der Waals surface area contributed by atoms with E-state index < -0.39 is 0 Å². The zero-order valence-corrected chi connectivity index (χ0v) is 10.2. The molecule has 0 fully saturated rings. The zero-order valence-electron chi connectivity index (χ0n) is 9.44. The summed E-state index contributed by atoms with van der Waals surface area (Å²) in [6, 6.07) is 0.108. The van der Waals surface area contributed by atoms with Gasteiger partial charge in [-0.3, -0.25) is 0 Å². The van der Waals surface area contributed by atoms with Gasteiger partial charge in [-0.2, -0.15) is 0 Å². The fraction of sp³-hybridized carbons (Fsp3) is 0.600. The lowest BCUT2D eigenvalue weighted by Crippen LogP contribution is -2.27. The molecular weight excluding hydrogens is 228 g/mol. The highest BCUT2D eigenvalue weighted by Crippen LogP contribution is 2.25. The number of halogens is 1. The first-order valence-corrected chi connectivity index (χ1v) is 5.57. The topological polar surface area (TPSA) is 84.1 Å². The van der Waals surface area contributed by atoms with Gasteiger partial charge in [-0.25, -0.2) is 9.97 Å². The summed E-state index contributed by atoms with van der Waals surface area (Å²) in [5.74, 6) is 1.13. The Bertz CT molecular complexity index is 346. The first-order chi connectivity index (χ1) is 7.56. The average Bonchev–Trinajstić information content (AvgIpc) is 2.23. The maximum atomic E-state index is 8.96. The molecule has 0 saturated heterocycles. The minimum Gasteiger partial charge on any atom is -0.396 e. The van der Waals surface area contributed by atoms with Crippen LogP contribution in [0, 0.1) is 5.92 Å². The van der Waals surface area contributed by atoms with Crippen LogP contribution in [0.5, 0.6) is 0 Å². The fourth-order valence-corrected chi connectivity index (χ4v) is 1.52. The smallest absolute Gasteiger partial charge is 0.150 e. The van der Waals surface area contributed by atoms with Gasteiger partial charge >= 0.3 is 0 Å². The van der Waals surface area contributed by atoms with E-state index in [0.29, 0.717) is 23.2 Å². The van der Waals surface area contributed by atoms with Crippen molar-refractivity contribution in [3.8, 4) is 0 Å². The number of nitrogens with two attached hydrogens (primary N) is 1. The maximum Gasteiger partial charge on any atom is 0.150 e. The molecule has 0 aliphatic heterocycles.